The van der Waals surface area contributed by atoms with Crippen molar-refractivity contribution in [1.29, 1.82) is 0 Å². The molecule has 0 spiro atoms. The summed E-state index contributed by atoms with van der Waals surface area (Å²) in [5.41, 5.74) is 5.38. The van der Waals surface area contributed by atoms with E-state index in [0.717, 1.165) is 4.31 Å². The van der Waals surface area contributed by atoms with Crippen LogP contribution in [0.4, 0.5) is 0 Å². The second-order valence-electron chi connectivity index (χ2n) is 4.49. The van der Waals surface area contributed by atoms with Gasteiger partial charge >= 0.3 is 0 Å². The van der Waals surface area contributed by atoms with Gasteiger partial charge < -0.3 is 5.73 Å². The van der Waals surface area contributed by atoms with Crippen molar-refractivity contribution < 1.29 is 16.8 Å². The highest BCUT2D eigenvalue weighted by Gasteiger charge is 2.28. The standard InChI is InChI=1S/C11H19N3O4S2/c1-9(8-12)13-19(15,16)10-6-4-5-7-11(10)20(17,18)14(2)3/h4-7,9,13H,8,12H2,1-3H3/t9-/m0/s1. The molecule has 1 atom stereocenters. The van der Waals surface area contributed by atoms with E-state index in [0.29, 0.717) is 0 Å². The van der Waals surface area contributed by atoms with Crippen molar-refractivity contribution in [2.75, 3.05) is 20.6 Å². The second kappa shape index (κ2) is 6.19. The van der Waals surface area contributed by atoms with Crippen LogP contribution in [0.1, 0.15) is 6.92 Å². The summed E-state index contributed by atoms with van der Waals surface area (Å²) in [4.78, 5) is -0.546. The van der Waals surface area contributed by atoms with Gasteiger partial charge in [0.15, 0.2) is 0 Å². The highest BCUT2D eigenvalue weighted by atomic mass is 32.2. The Morgan fingerprint density at radius 2 is 1.65 bits per heavy atom. The first kappa shape index (κ1) is 17.1. The Morgan fingerprint density at radius 3 is 2.10 bits per heavy atom. The monoisotopic (exact) mass is 321 g/mol. The lowest BCUT2D eigenvalue weighted by atomic mass is 10.4. The quantitative estimate of drug-likeness (QED) is 0.738. The fourth-order valence-electron chi connectivity index (χ4n) is 1.46. The number of sulfonamides is 2. The maximum absolute atomic E-state index is 12.2. The first-order chi connectivity index (χ1) is 9.13. The number of hydrogen-bond acceptors (Lipinski definition) is 5. The van der Waals surface area contributed by atoms with Gasteiger partial charge in [-0.2, -0.15) is 0 Å². The first-order valence-electron chi connectivity index (χ1n) is 5.87. The number of nitrogens with one attached hydrogen (secondary N) is 1. The Balaban J connectivity index is 3.42. The molecule has 0 amide bonds. The zero-order chi connectivity index (χ0) is 15.6. The summed E-state index contributed by atoms with van der Waals surface area (Å²) >= 11 is 0. The van der Waals surface area contributed by atoms with E-state index in [1.165, 1.54) is 38.4 Å². The van der Waals surface area contributed by atoms with E-state index in [1.54, 1.807) is 6.92 Å². The van der Waals surface area contributed by atoms with Gasteiger partial charge in [0.05, 0.1) is 0 Å². The van der Waals surface area contributed by atoms with Crippen molar-refractivity contribution in [3.63, 3.8) is 0 Å². The Hall–Kier alpha value is -1.00. The molecule has 0 aliphatic rings. The van der Waals surface area contributed by atoms with Gasteiger partial charge in [-0.25, -0.2) is 25.9 Å². The Bertz CT molecular complexity index is 669. The zero-order valence-electron chi connectivity index (χ0n) is 11.6. The second-order valence-corrected chi connectivity index (χ2v) is 8.29. The largest absolute Gasteiger partial charge is 0.329 e. The van der Waals surface area contributed by atoms with E-state index in [9.17, 15) is 16.8 Å². The van der Waals surface area contributed by atoms with Crippen LogP contribution in [0.15, 0.2) is 34.1 Å². The molecule has 3 N–H and O–H groups in total. The van der Waals surface area contributed by atoms with Crippen molar-refractivity contribution in [3.05, 3.63) is 24.3 Å². The maximum Gasteiger partial charge on any atom is 0.243 e. The Labute approximate surface area is 119 Å². The van der Waals surface area contributed by atoms with Gasteiger partial charge in [0.25, 0.3) is 0 Å². The van der Waals surface area contributed by atoms with Crippen molar-refractivity contribution in [2.24, 2.45) is 5.73 Å². The molecule has 0 radical (unpaired) electrons. The van der Waals surface area contributed by atoms with Crippen LogP contribution in [-0.4, -0.2) is 47.8 Å². The first-order valence-corrected chi connectivity index (χ1v) is 8.79. The summed E-state index contributed by atoms with van der Waals surface area (Å²) in [7, 11) is -5.12. The molecule has 1 aromatic rings. The number of benzene rings is 1. The molecule has 0 saturated heterocycles. The van der Waals surface area contributed by atoms with Gasteiger partial charge in [-0.3, -0.25) is 0 Å². The molecule has 0 bridgehead atoms. The minimum absolute atomic E-state index is 0.113. The van der Waals surface area contributed by atoms with E-state index >= 15 is 0 Å². The van der Waals surface area contributed by atoms with E-state index in [-0.39, 0.29) is 16.3 Å². The van der Waals surface area contributed by atoms with E-state index in [1.807, 2.05) is 0 Å². The summed E-state index contributed by atoms with van der Waals surface area (Å²) in [5, 5.41) is 0. The summed E-state index contributed by atoms with van der Waals surface area (Å²) in [6.07, 6.45) is 0. The normalized spacial score (nSPS) is 14.4. The third-order valence-corrected chi connectivity index (χ3v) is 6.26. The van der Waals surface area contributed by atoms with Crippen molar-refractivity contribution >= 4 is 20.0 Å². The van der Waals surface area contributed by atoms with Crippen molar-refractivity contribution in [2.45, 2.75) is 22.8 Å². The van der Waals surface area contributed by atoms with E-state index in [2.05, 4.69) is 4.72 Å². The van der Waals surface area contributed by atoms with Crippen LogP contribution in [0.5, 0.6) is 0 Å². The molecule has 1 aromatic carbocycles. The number of nitrogens with two attached hydrogens (primary N) is 1. The summed E-state index contributed by atoms with van der Waals surface area (Å²) in [5.74, 6) is 0. The van der Waals surface area contributed by atoms with Gasteiger partial charge in [-0.15, -0.1) is 0 Å². The van der Waals surface area contributed by atoms with Crippen LogP contribution in [-0.2, 0) is 20.0 Å². The molecule has 0 aromatic heterocycles. The average molecular weight is 321 g/mol. The highest BCUT2D eigenvalue weighted by molar-refractivity contribution is 7.92. The lowest BCUT2D eigenvalue weighted by Gasteiger charge is -2.17. The van der Waals surface area contributed by atoms with Crippen LogP contribution in [0.25, 0.3) is 0 Å². The lowest BCUT2D eigenvalue weighted by molar-refractivity contribution is 0.515. The zero-order valence-corrected chi connectivity index (χ0v) is 13.2. The molecule has 1 rings (SSSR count). The SMILES string of the molecule is C[C@@H](CN)NS(=O)(=O)c1ccccc1S(=O)(=O)N(C)C. The van der Waals surface area contributed by atoms with E-state index in [4.69, 9.17) is 5.73 Å². The Kier molecular flexibility index (Phi) is 5.27. The fraction of sp³-hybridized carbons (Fsp3) is 0.455. The van der Waals surface area contributed by atoms with Gasteiger partial charge in [-0.1, -0.05) is 12.1 Å². The maximum atomic E-state index is 12.2. The minimum atomic E-state index is -3.95. The van der Waals surface area contributed by atoms with Crippen LogP contribution >= 0.6 is 0 Å². The molecule has 20 heavy (non-hydrogen) atoms. The van der Waals surface area contributed by atoms with Crippen molar-refractivity contribution in [3.8, 4) is 0 Å². The predicted molar refractivity (Wildman–Crippen MR) is 76.2 cm³/mol. The molecule has 0 saturated carbocycles. The minimum Gasteiger partial charge on any atom is -0.329 e. The Morgan fingerprint density at radius 1 is 1.15 bits per heavy atom. The third-order valence-electron chi connectivity index (χ3n) is 2.61. The predicted octanol–water partition coefficient (Wildman–Crippen LogP) is -0.438. The van der Waals surface area contributed by atoms with Gasteiger partial charge in [0.1, 0.15) is 9.79 Å². The molecule has 0 aliphatic carbocycles. The van der Waals surface area contributed by atoms with Gasteiger partial charge in [0.2, 0.25) is 20.0 Å². The molecule has 9 heteroatoms. The molecule has 114 valence electrons. The number of hydrogen-bond donors (Lipinski definition) is 2. The molecule has 0 unspecified atom stereocenters. The van der Waals surface area contributed by atoms with Gasteiger partial charge in [-0.05, 0) is 19.1 Å². The smallest absolute Gasteiger partial charge is 0.243 e. The summed E-state index contributed by atoms with van der Waals surface area (Å²) in [6, 6.07) is 4.96. The molecule has 0 fully saturated rings. The average Bonchev–Trinajstić information content (AvgIpc) is 2.38. The fourth-order valence-corrected chi connectivity index (χ4v) is 4.41. The molecule has 0 aliphatic heterocycles. The summed E-state index contributed by atoms with van der Waals surface area (Å²) < 4.78 is 52.1. The van der Waals surface area contributed by atoms with Crippen LogP contribution < -0.4 is 10.5 Å². The van der Waals surface area contributed by atoms with Crippen LogP contribution in [0.3, 0.4) is 0 Å². The summed E-state index contributed by atoms with van der Waals surface area (Å²) in [6.45, 7) is 1.71. The molecular weight excluding hydrogens is 302 g/mol. The van der Waals surface area contributed by atoms with E-state index < -0.39 is 26.1 Å². The molecule has 7 nitrogen and oxygen atoms in total. The van der Waals surface area contributed by atoms with Crippen LogP contribution in [0, 0.1) is 0 Å². The lowest BCUT2D eigenvalue weighted by Crippen LogP contribution is -2.38. The van der Waals surface area contributed by atoms with Crippen LogP contribution in [0.2, 0.25) is 0 Å². The molecular formula is C11H19N3O4S2. The number of rotatable bonds is 6. The highest BCUT2D eigenvalue weighted by Crippen LogP contribution is 2.22. The number of nitrogens with zero attached hydrogens (tertiary/aromatic N) is 1. The van der Waals surface area contributed by atoms with Gasteiger partial charge in [0, 0.05) is 26.7 Å². The topological polar surface area (TPSA) is 110 Å². The van der Waals surface area contributed by atoms with Crippen molar-refractivity contribution in [1.82, 2.24) is 9.03 Å². The third kappa shape index (κ3) is 3.55. The molecule has 0 heterocycles.